The summed E-state index contributed by atoms with van der Waals surface area (Å²) in [6.07, 6.45) is -0.715. The molecular formula is C11H13N3O7. The quantitative estimate of drug-likeness (QED) is 0.472. The Balaban J connectivity index is 2.85. The van der Waals surface area contributed by atoms with Crippen molar-refractivity contribution in [2.75, 3.05) is 0 Å². The van der Waals surface area contributed by atoms with Gasteiger partial charge in [-0.25, -0.2) is 9.36 Å². The van der Waals surface area contributed by atoms with E-state index in [9.17, 15) is 24.5 Å². The van der Waals surface area contributed by atoms with Gasteiger partial charge < -0.3 is 25.6 Å². The number of nitro groups is 1. The van der Waals surface area contributed by atoms with E-state index in [2.05, 4.69) is 5.32 Å². The average Bonchev–Trinajstić information content (AvgIpc) is 2.75. The summed E-state index contributed by atoms with van der Waals surface area (Å²) >= 11 is 0. The van der Waals surface area contributed by atoms with Crippen LogP contribution < -0.4 is 5.32 Å². The van der Waals surface area contributed by atoms with E-state index in [4.69, 9.17) is 10.2 Å². The van der Waals surface area contributed by atoms with E-state index in [-0.39, 0.29) is 17.9 Å². The van der Waals surface area contributed by atoms with Crippen LogP contribution in [0.2, 0.25) is 0 Å². The highest BCUT2D eigenvalue weighted by molar-refractivity contribution is 5.95. The maximum atomic E-state index is 11.9. The standard InChI is InChI=1S/C11H13N3O7/c1-13-7(3-4-8(13)14(20)21)10(17)12-6(11(18)19)2-5-9(15)16/h3-4,6H,2,5H2,1H3,(H,12,17)(H,15,16)(H,18,19)/t6-/m0/s1. The molecule has 0 saturated heterocycles. The van der Waals surface area contributed by atoms with Crippen LogP contribution in [0.15, 0.2) is 12.1 Å². The second-order valence-corrected chi connectivity index (χ2v) is 4.19. The zero-order valence-corrected chi connectivity index (χ0v) is 11.0. The molecular weight excluding hydrogens is 286 g/mol. The highest BCUT2D eigenvalue weighted by Crippen LogP contribution is 2.15. The molecule has 0 aliphatic rings. The molecule has 0 bridgehead atoms. The summed E-state index contributed by atoms with van der Waals surface area (Å²) in [7, 11) is 1.29. The number of aromatic nitrogens is 1. The van der Waals surface area contributed by atoms with Crippen molar-refractivity contribution in [3.63, 3.8) is 0 Å². The van der Waals surface area contributed by atoms with Crippen LogP contribution in [-0.2, 0) is 16.6 Å². The fraction of sp³-hybridized carbons (Fsp3) is 0.364. The number of carbonyl (C=O) groups is 3. The van der Waals surface area contributed by atoms with Gasteiger partial charge in [-0.15, -0.1) is 0 Å². The number of carboxylic acid groups (broad SMARTS) is 2. The number of nitrogens with zero attached hydrogens (tertiary/aromatic N) is 2. The molecule has 0 unspecified atom stereocenters. The maximum absolute atomic E-state index is 11.9. The topological polar surface area (TPSA) is 152 Å². The minimum absolute atomic E-state index is 0.0942. The first kappa shape index (κ1) is 16.1. The van der Waals surface area contributed by atoms with E-state index in [1.54, 1.807) is 0 Å². The Morgan fingerprint density at radius 2 is 2.00 bits per heavy atom. The van der Waals surface area contributed by atoms with Crippen LogP contribution in [0.4, 0.5) is 5.82 Å². The van der Waals surface area contributed by atoms with Crippen LogP contribution in [0.5, 0.6) is 0 Å². The average molecular weight is 299 g/mol. The normalized spacial score (nSPS) is 11.7. The Hall–Kier alpha value is -2.91. The molecule has 3 N–H and O–H groups in total. The third-order valence-corrected chi connectivity index (χ3v) is 2.77. The van der Waals surface area contributed by atoms with Crippen molar-refractivity contribution < 1.29 is 29.5 Å². The highest BCUT2D eigenvalue weighted by atomic mass is 16.6. The number of amides is 1. The Kier molecular flexibility index (Phi) is 5.00. The largest absolute Gasteiger partial charge is 0.481 e. The van der Waals surface area contributed by atoms with E-state index in [1.807, 2.05) is 0 Å². The summed E-state index contributed by atoms with van der Waals surface area (Å²) < 4.78 is 1.01. The molecule has 0 fully saturated rings. The number of hydrogen-bond donors (Lipinski definition) is 3. The molecule has 1 rings (SSSR count). The maximum Gasteiger partial charge on any atom is 0.326 e. The summed E-state index contributed by atoms with van der Waals surface area (Å²) in [6.45, 7) is 0. The molecule has 0 radical (unpaired) electrons. The molecule has 114 valence electrons. The summed E-state index contributed by atoms with van der Waals surface area (Å²) in [5, 5.41) is 30.2. The molecule has 0 spiro atoms. The van der Waals surface area contributed by atoms with Gasteiger partial charge in [-0.3, -0.25) is 9.59 Å². The monoisotopic (exact) mass is 299 g/mol. The lowest BCUT2D eigenvalue weighted by atomic mass is 10.1. The van der Waals surface area contributed by atoms with Crippen molar-refractivity contribution in [2.24, 2.45) is 7.05 Å². The zero-order valence-electron chi connectivity index (χ0n) is 11.0. The van der Waals surface area contributed by atoms with Crippen molar-refractivity contribution >= 4 is 23.7 Å². The van der Waals surface area contributed by atoms with E-state index in [0.717, 1.165) is 10.6 Å². The summed E-state index contributed by atoms with van der Waals surface area (Å²) in [5.41, 5.74) is -0.0942. The van der Waals surface area contributed by atoms with Gasteiger partial charge in [-0.2, -0.15) is 0 Å². The van der Waals surface area contributed by atoms with Crippen LogP contribution in [-0.4, -0.2) is 43.6 Å². The molecule has 1 atom stereocenters. The third kappa shape index (κ3) is 4.03. The molecule has 0 aliphatic heterocycles. The Morgan fingerprint density at radius 3 is 2.43 bits per heavy atom. The first-order valence-corrected chi connectivity index (χ1v) is 5.79. The van der Waals surface area contributed by atoms with Crippen molar-refractivity contribution in [3.05, 3.63) is 27.9 Å². The molecule has 1 aromatic heterocycles. The van der Waals surface area contributed by atoms with E-state index in [0.29, 0.717) is 0 Å². The second kappa shape index (κ2) is 6.50. The van der Waals surface area contributed by atoms with Crippen molar-refractivity contribution in [1.29, 1.82) is 0 Å². The van der Waals surface area contributed by atoms with E-state index < -0.39 is 35.2 Å². The summed E-state index contributed by atoms with van der Waals surface area (Å²) in [4.78, 5) is 43.3. The predicted molar refractivity (Wildman–Crippen MR) is 67.8 cm³/mol. The molecule has 0 saturated carbocycles. The molecule has 10 nitrogen and oxygen atoms in total. The minimum atomic E-state index is -1.39. The first-order chi connectivity index (χ1) is 9.73. The fourth-order valence-corrected chi connectivity index (χ4v) is 1.67. The first-order valence-electron chi connectivity index (χ1n) is 5.79. The van der Waals surface area contributed by atoms with Crippen LogP contribution >= 0.6 is 0 Å². The van der Waals surface area contributed by atoms with Gasteiger partial charge in [-0.05, 0) is 17.4 Å². The van der Waals surface area contributed by atoms with Crippen LogP contribution in [0.3, 0.4) is 0 Å². The number of carboxylic acids is 2. The summed E-state index contributed by atoms with van der Waals surface area (Å²) in [6, 6.07) is 0.911. The third-order valence-electron chi connectivity index (χ3n) is 2.77. The SMILES string of the molecule is Cn1c(C(=O)N[C@@H](CCC(=O)O)C(=O)O)ccc1[N+](=O)[O-]. The lowest BCUT2D eigenvalue weighted by Crippen LogP contribution is -2.41. The minimum Gasteiger partial charge on any atom is -0.481 e. The molecule has 1 aromatic rings. The fourth-order valence-electron chi connectivity index (χ4n) is 1.67. The van der Waals surface area contributed by atoms with Gasteiger partial charge in [0.15, 0.2) is 5.69 Å². The zero-order chi connectivity index (χ0) is 16.2. The van der Waals surface area contributed by atoms with Crippen molar-refractivity contribution in [3.8, 4) is 0 Å². The van der Waals surface area contributed by atoms with Gasteiger partial charge in [0, 0.05) is 12.5 Å². The Bertz CT molecular complexity index is 593. The molecule has 1 heterocycles. The number of rotatable bonds is 7. The molecule has 10 heteroatoms. The van der Waals surface area contributed by atoms with Gasteiger partial charge in [0.05, 0.1) is 7.05 Å². The molecule has 0 aliphatic carbocycles. The highest BCUT2D eigenvalue weighted by Gasteiger charge is 2.26. The second-order valence-electron chi connectivity index (χ2n) is 4.19. The van der Waals surface area contributed by atoms with Crippen LogP contribution in [0, 0.1) is 10.1 Å². The molecule has 0 aromatic carbocycles. The number of hydrogen-bond acceptors (Lipinski definition) is 5. The van der Waals surface area contributed by atoms with Crippen LogP contribution in [0.1, 0.15) is 23.3 Å². The van der Waals surface area contributed by atoms with Gasteiger partial charge in [0.1, 0.15) is 6.04 Å². The number of nitrogens with one attached hydrogen (secondary N) is 1. The molecule has 21 heavy (non-hydrogen) atoms. The van der Waals surface area contributed by atoms with E-state index >= 15 is 0 Å². The summed E-state index contributed by atoms with van der Waals surface area (Å²) in [5.74, 6) is -3.72. The van der Waals surface area contributed by atoms with Crippen LogP contribution in [0.25, 0.3) is 0 Å². The Labute approximate surface area is 118 Å². The lowest BCUT2D eigenvalue weighted by molar-refractivity contribution is -0.391. The van der Waals surface area contributed by atoms with Gasteiger partial charge in [0.2, 0.25) is 0 Å². The van der Waals surface area contributed by atoms with Crippen molar-refractivity contribution in [1.82, 2.24) is 9.88 Å². The van der Waals surface area contributed by atoms with Gasteiger partial charge in [0.25, 0.3) is 5.91 Å². The van der Waals surface area contributed by atoms with Gasteiger partial charge >= 0.3 is 17.8 Å². The van der Waals surface area contributed by atoms with E-state index in [1.165, 1.54) is 13.1 Å². The number of aliphatic carboxylic acids is 2. The molecule has 1 amide bonds. The smallest absolute Gasteiger partial charge is 0.326 e. The lowest BCUT2D eigenvalue weighted by Gasteiger charge is -2.12. The number of carbonyl (C=O) groups excluding carboxylic acids is 1. The Morgan fingerprint density at radius 1 is 1.38 bits per heavy atom. The van der Waals surface area contributed by atoms with Gasteiger partial charge in [-0.1, -0.05) is 0 Å². The van der Waals surface area contributed by atoms with Crippen molar-refractivity contribution in [2.45, 2.75) is 18.9 Å². The predicted octanol–water partition coefficient (Wildman–Crippen LogP) is -0.0189.